The topological polar surface area (TPSA) is 104 Å². The third kappa shape index (κ3) is 4.79. The molecule has 0 fully saturated rings. The SMILES string of the molecule is CCOc1ncccc1C(=O)OCC(=O)Nc1ccccc1C(=O)OC. The molecule has 0 aliphatic carbocycles. The Balaban J connectivity index is 2.00. The van der Waals surface area contributed by atoms with Gasteiger partial charge in [-0.25, -0.2) is 14.6 Å². The Morgan fingerprint density at radius 1 is 1.04 bits per heavy atom. The molecule has 0 unspecified atom stereocenters. The molecule has 0 atom stereocenters. The summed E-state index contributed by atoms with van der Waals surface area (Å²) in [7, 11) is 1.24. The molecule has 1 heterocycles. The molecule has 26 heavy (non-hydrogen) atoms. The number of esters is 2. The quantitative estimate of drug-likeness (QED) is 0.756. The first kappa shape index (κ1) is 18.9. The van der Waals surface area contributed by atoms with Crippen LogP contribution in [0.3, 0.4) is 0 Å². The molecular formula is C18H18N2O6. The van der Waals surface area contributed by atoms with E-state index in [1.54, 1.807) is 31.2 Å². The zero-order chi connectivity index (χ0) is 18.9. The average Bonchev–Trinajstić information content (AvgIpc) is 2.66. The average molecular weight is 358 g/mol. The predicted molar refractivity (Wildman–Crippen MR) is 92.1 cm³/mol. The number of hydrogen-bond donors (Lipinski definition) is 1. The van der Waals surface area contributed by atoms with Crippen LogP contribution in [-0.4, -0.2) is 43.2 Å². The van der Waals surface area contributed by atoms with Crippen molar-refractivity contribution in [1.29, 1.82) is 0 Å². The molecular weight excluding hydrogens is 340 g/mol. The number of amides is 1. The van der Waals surface area contributed by atoms with Gasteiger partial charge in [-0.2, -0.15) is 0 Å². The van der Waals surface area contributed by atoms with Gasteiger partial charge in [0.05, 0.1) is 25.0 Å². The molecule has 136 valence electrons. The summed E-state index contributed by atoms with van der Waals surface area (Å²) in [4.78, 5) is 39.8. The van der Waals surface area contributed by atoms with Gasteiger partial charge in [0.15, 0.2) is 6.61 Å². The van der Waals surface area contributed by atoms with E-state index in [-0.39, 0.29) is 22.7 Å². The first-order chi connectivity index (χ1) is 12.6. The first-order valence-electron chi connectivity index (χ1n) is 7.79. The molecule has 1 N–H and O–H groups in total. The predicted octanol–water partition coefficient (Wildman–Crippen LogP) is 2.06. The number of carbonyl (C=O) groups excluding carboxylic acids is 3. The summed E-state index contributed by atoms with van der Waals surface area (Å²) in [6.07, 6.45) is 1.48. The van der Waals surface area contributed by atoms with Gasteiger partial charge in [0.25, 0.3) is 5.91 Å². The van der Waals surface area contributed by atoms with Crippen molar-refractivity contribution in [2.75, 3.05) is 25.6 Å². The van der Waals surface area contributed by atoms with Crippen molar-refractivity contribution in [3.8, 4) is 5.88 Å². The van der Waals surface area contributed by atoms with Gasteiger partial charge in [-0.15, -0.1) is 0 Å². The molecule has 1 aromatic heterocycles. The normalized spacial score (nSPS) is 9.92. The number of nitrogens with zero attached hydrogens (tertiary/aromatic N) is 1. The fraction of sp³-hybridized carbons (Fsp3) is 0.222. The summed E-state index contributed by atoms with van der Waals surface area (Å²) < 4.78 is 14.9. The highest BCUT2D eigenvalue weighted by molar-refractivity contribution is 6.02. The molecule has 0 saturated heterocycles. The van der Waals surface area contributed by atoms with E-state index in [0.29, 0.717) is 6.61 Å². The largest absolute Gasteiger partial charge is 0.477 e. The third-order valence-corrected chi connectivity index (χ3v) is 3.21. The minimum atomic E-state index is -0.738. The van der Waals surface area contributed by atoms with Gasteiger partial charge in [-0.3, -0.25) is 4.79 Å². The van der Waals surface area contributed by atoms with Gasteiger partial charge in [-0.05, 0) is 31.2 Å². The number of aromatic nitrogens is 1. The number of rotatable bonds is 7. The number of benzene rings is 1. The van der Waals surface area contributed by atoms with Crippen molar-refractivity contribution in [1.82, 2.24) is 4.98 Å². The number of methoxy groups -OCH3 is 1. The fourth-order valence-corrected chi connectivity index (χ4v) is 2.07. The maximum Gasteiger partial charge on any atom is 0.344 e. The zero-order valence-corrected chi connectivity index (χ0v) is 14.4. The second-order valence-corrected chi connectivity index (χ2v) is 4.95. The van der Waals surface area contributed by atoms with Crippen LogP contribution in [0.2, 0.25) is 0 Å². The molecule has 0 spiro atoms. The monoisotopic (exact) mass is 358 g/mol. The van der Waals surface area contributed by atoms with Crippen molar-refractivity contribution in [2.45, 2.75) is 6.92 Å². The minimum Gasteiger partial charge on any atom is -0.477 e. The minimum absolute atomic E-state index is 0.122. The smallest absolute Gasteiger partial charge is 0.344 e. The number of hydrogen-bond acceptors (Lipinski definition) is 7. The van der Waals surface area contributed by atoms with E-state index in [1.807, 2.05) is 0 Å². The lowest BCUT2D eigenvalue weighted by Crippen LogP contribution is -2.22. The first-order valence-corrected chi connectivity index (χ1v) is 7.79. The lowest BCUT2D eigenvalue weighted by Gasteiger charge is -2.11. The van der Waals surface area contributed by atoms with Crippen molar-refractivity contribution >= 4 is 23.5 Å². The van der Waals surface area contributed by atoms with E-state index in [4.69, 9.17) is 9.47 Å². The second-order valence-electron chi connectivity index (χ2n) is 4.95. The Kier molecular flexibility index (Phi) is 6.67. The zero-order valence-electron chi connectivity index (χ0n) is 14.4. The van der Waals surface area contributed by atoms with Gasteiger partial charge in [0.2, 0.25) is 5.88 Å². The molecule has 2 aromatic rings. The van der Waals surface area contributed by atoms with Gasteiger partial charge >= 0.3 is 11.9 Å². The van der Waals surface area contributed by atoms with Gasteiger partial charge in [0.1, 0.15) is 5.56 Å². The van der Waals surface area contributed by atoms with E-state index < -0.39 is 24.5 Å². The van der Waals surface area contributed by atoms with Crippen molar-refractivity contribution < 1.29 is 28.6 Å². The molecule has 1 amide bonds. The van der Waals surface area contributed by atoms with E-state index in [1.165, 1.54) is 25.4 Å². The molecule has 8 heteroatoms. The van der Waals surface area contributed by atoms with Crippen LogP contribution in [0, 0.1) is 0 Å². The Labute approximate surface area is 150 Å². The van der Waals surface area contributed by atoms with Gasteiger partial charge in [0, 0.05) is 6.20 Å². The molecule has 0 aliphatic heterocycles. The van der Waals surface area contributed by atoms with E-state index in [0.717, 1.165) is 0 Å². The van der Waals surface area contributed by atoms with Crippen LogP contribution in [0.15, 0.2) is 42.6 Å². The highest BCUT2D eigenvalue weighted by atomic mass is 16.5. The fourth-order valence-electron chi connectivity index (χ4n) is 2.07. The number of carbonyl (C=O) groups is 3. The summed E-state index contributed by atoms with van der Waals surface area (Å²) in [5.74, 6) is -1.79. The standard InChI is InChI=1S/C18H18N2O6/c1-3-25-16-13(8-6-10-19-16)18(23)26-11-15(21)20-14-9-5-4-7-12(14)17(22)24-2/h4-10H,3,11H2,1-2H3,(H,20,21). The molecule has 8 nitrogen and oxygen atoms in total. The number of nitrogens with one attached hydrogen (secondary N) is 1. The van der Waals surface area contributed by atoms with Crippen LogP contribution < -0.4 is 10.1 Å². The third-order valence-electron chi connectivity index (χ3n) is 3.21. The highest BCUT2D eigenvalue weighted by Gasteiger charge is 2.18. The van der Waals surface area contributed by atoms with E-state index in [2.05, 4.69) is 15.0 Å². The number of pyridine rings is 1. The Morgan fingerprint density at radius 2 is 1.77 bits per heavy atom. The summed E-state index contributed by atoms with van der Waals surface area (Å²) in [5.41, 5.74) is 0.578. The van der Waals surface area contributed by atoms with Crippen molar-refractivity contribution in [2.24, 2.45) is 0 Å². The van der Waals surface area contributed by atoms with Crippen LogP contribution in [0.4, 0.5) is 5.69 Å². The molecule has 0 saturated carbocycles. The lowest BCUT2D eigenvalue weighted by molar-refractivity contribution is -0.119. The molecule has 0 aliphatic rings. The van der Waals surface area contributed by atoms with Crippen LogP contribution in [0.1, 0.15) is 27.6 Å². The summed E-state index contributed by atoms with van der Waals surface area (Å²) in [5, 5.41) is 2.51. The maximum atomic E-state index is 12.1. The summed E-state index contributed by atoms with van der Waals surface area (Å²) in [6, 6.07) is 9.39. The van der Waals surface area contributed by atoms with E-state index in [9.17, 15) is 14.4 Å². The van der Waals surface area contributed by atoms with Crippen LogP contribution in [-0.2, 0) is 14.3 Å². The number of para-hydroxylation sites is 1. The Hall–Kier alpha value is -3.42. The number of ether oxygens (including phenoxy) is 3. The molecule has 1 aromatic carbocycles. The van der Waals surface area contributed by atoms with Crippen molar-refractivity contribution in [3.63, 3.8) is 0 Å². The second kappa shape index (κ2) is 9.16. The Bertz CT molecular complexity index is 806. The molecule has 2 rings (SSSR count). The van der Waals surface area contributed by atoms with E-state index >= 15 is 0 Å². The Morgan fingerprint density at radius 3 is 2.50 bits per heavy atom. The lowest BCUT2D eigenvalue weighted by atomic mass is 10.2. The van der Waals surface area contributed by atoms with Crippen molar-refractivity contribution in [3.05, 3.63) is 53.7 Å². The summed E-state index contributed by atoms with van der Waals surface area (Å²) in [6.45, 7) is 1.56. The molecule has 0 bridgehead atoms. The maximum absolute atomic E-state index is 12.1. The highest BCUT2D eigenvalue weighted by Crippen LogP contribution is 2.17. The van der Waals surface area contributed by atoms with Crippen LogP contribution >= 0.6 is 0 Å². The summed E-state index contributed by atoms with van der Waals surface area (Å²) >= 11 is 0. The number of anilines is 1. The van der Waals surface area contributed by atoms with Crippen LogP contribution in [0.5, 0.6) is 5.88 Å². The van der Waals surface area contributed by atoms with Gasteiger partial charge < -0.3 is 19.5 Å². The van der Waals surface area contributed by atoms with Crippen LogP contribution in [0.25, 0.3) is 0 Å². The van der Waals surface area contributed by atoms with Gasteiger partial charge in [-0.1, -0.05) is 12.1 Å². The molecule has 0 radical (unpaired) electrons.